The van der Waals surface area contributed by atoms with Gasteiger partial charge in [0.25, 0.3) is 5.91 Å². The van der Waals surface area contributed by atoms with Gasteiger partial charge < -0.3 is 15.0 Å². The average Bonchev–Trinajstić information content (AvgIpc) is 2.58. The van der Waals surface area contributed by atoms with Gasteiger partial charge in [-0.15, -0.1) is 0 Å². The van der Waals surface area contributed by atoms with E-state index >= 15 is 0 Å². The van der Waals surface area contributed by atoms with Crippen LogP contribution in [0.1, 0.15) is 49.5 Å². The number of hydrogen-bond donors (Lipinski definition) is 1. The zero-order chi connectivity index (χ0) is 17.7. The van der Waals surface area contributed by atoms with Crippen LogP contribution in [-0.4, -0.2) is 43.6 Å². The molecule has 5 nitrogen and oxygen atoms in total. The average molecular weight is 332 g/mol. The highest BCUT2D eigenvalue weighted by atomic mass is 16.5. The number of piperidine rings is 1. The Morgan fingerprint density at radius 3 is 2.25 bits per heavy atom. The van der Waals surface area contributed by atoms with Crippen LogP contribution in [0.2, 0.25) is 0 Å². The van der Waals surface area contributed by atoms with Crippen molar-refractivity contribution in [1.29, 1.82) is 0 Å². The van der Waals surface area contributed by atoms with E-state index in [1.54, 1.807) is 4.90 Å². The zero-order valence-electron chi connectivity index (χ0n) is 15.1. The molecule has 1 N–H and O–H groups in total. The minimum atomic E-state index is -0.267. The second-order valence-corrected chi connectivity index (χ2v) is 7.44. The first-order valence-electron chi connectivity index (χ1n) is 8.53. The monoisotopic (exact) mass is 332 g/mol. The Labute approximate surface area is 144 Å². The van der Waals surface area contributed by atoms with Gasteiger partial charge in [-0.05, 0) is 41.9 Å². The molecular weight excluding hydrogens is 304 g/mol. The fourth-order valence-corrected chi connectivity index (χ4v) is 2.91. The number of benzene rings is 1. The third-order valence-corrected chi connectivity index (χ3v) is 4.61. The smallest absolute Gasteiger partial charge is 0.409 e. The van der Waals surface area contributed by atoms with E-state index in [1.807, 2.05) is 24.3 Å². The van der Waals surface area contributed by atoms with Crippen molar-refractivity contribution in [2.24, 2.45) is 5.92 Å². The first kappa shape index (κ1) is 18.3. The Balaban J connectivity index is 1.81. The molecule has 0 atom stereocenters. The Bertz CT molecular complexity index is 567. The molecule has 5 heteroatoms. The van der Waals surface area contributed by atoms with Gasteiger partial charge in [-0.25, -0.2) is 4.79 Å². The number of likely N-dealkylation sites (tertiary alicyclic amines) is 1. The minimum Gasteiger partial charge on any atom is -0.453 e. The number of methoxy groups -OCH3 is 1. The number of nitrogens with zero attached hydrogens (tertiary/aromatic N) is 1. The maximum atomic E-state index is 12.3. The number of hydrogen-bond acceptors (Lipinski definition) is 3. The SMILES string of the molecule is COC(=O)N1CCC(CNC(=O)c2ccc(C(C)(C)C)cc2)CC1. The third kappa shape index (κ3) is 4.73. The molecule has 1 aliphatic rings. The molecule has 0 aliphatic carbocycles. The highest BCUT2D eigenvalue weighted by Gasteiger charge is 2.23. The first-order valence-corrected chi connectivity index (χ1v) is 8.53. The molecule has 0 spiro atoms. The predicted octanol–water partition coefficient (Wildman–Crippen LogP) is 3.19. The number of nitrogens with one attached hydrogen (secondary N) is 1. The largest absolute Gasteiger partial charge is 0.453 e. The van der Waals surface area contributed by atoms with Crippen LogP contribution in [0.4, 0.5) is 4.79 Å². The lowest BCUT2D eigenvalue weighted by molar-refractivity contribution is 0.0914. The maximum Gasteiger partial charge on any atom is 0.409 e. The van der Waals surface area contributed by atoms with E-state index in [0.29, 0.717) is 31.1 Å². The predicted molar refractivity (Wildman–Crippen MR) is 94.2 cm³/mol. The topological polar surface area (TPSA) is 58.6 Å². The van der Waals surface area contributed by atoms with Crippen LogP contribution in [0.3, 0.4) is 0 Å². The fourth-order valence-electron chi connectivity index (χ4n) is 2.91. The molecular formula is C19H28N2O3. The summed E-state index contributed by atoms with van der Waals surface area (Å²) in [5.74, 6) is 0.370. The Morgan fingerprint density at radius 2 is 1.75 bits per heavy atom. The summed E-state index contributed by atoms with van der Waals surface area (Å²) in [6, 6.07) is 7.80. The van der Waals surface area contributed by atoms with E-state index in [2.05, 4.69) is 26.1 Å². The van der Waals surface area contributed by atoms with Crippen molar-refractivity contribution < 1.29 is 14.3 Å². The van der Waals surface area contributed by atoms with E-state index in [9.17, 15) is 9.59 Å². The Morgan fingerprint density at radius 1 is 1.17 bits per heavy atom. The number of ether oxygens (including phenoxy) is 1. The lowest BCUT2D eigenvalue weighted by atomic mass is 9.86. The van der Waals surface area contributed by atoms with E-state index in [0.717, 1.165) is 12.8 Å². The van der Waals surface area contributed by atoms with Crippen LogP contribution < -0.4 is 5.32 Å². The molecule has 1 aliphatic heterocycles. The van der Waals surface area contributed by atoms with Gasteiger partial charge in [0.2, 0.25) is 0 Å². The molecule has 2 amide bonds. The summed E-state index contributed by atoms with van der Waals surface area (Å²) < 4.78 is 4.73. The summed E-state index contributed by atoms with van der Waals surface area (Å²) >= 11 is 0. The highest BCUT2D eigenvalue weighted by molar-refractivity contribution is 5.94. The molecule has 1 heterocycles. The zero-order valence-corrected chi connectivity index (χ0v) is 15.1. The normalized spacial score (nSPS) is 15.9. The van der Waals surface area contributed by atoms with Crippen molar-refractivity contribution in [1.82, 2.24) is 10.2 Å². The highest BCUT2D eigenvalue weighted by Crippen LogP contribution is 2.22. The number of carbonyl (C=O) groups excluding carboxylic acids is 2. The van der Waals surface area contributed by atoms with Gasteiger partial charge in [0, 0.05) is 25.2 Å². The minimum absolute atomic E-state index is 0.0362. The van der Waals surface area contributed by atoms with Crippen molar-refractivity contribution in [2.45, 2.75) is 39.0 Å². The van der Waals surface area contributed by atoms with Gasteiger partial charge in [-0.1, -0.05) is 32.9 Å². The quantitative estimate of drug-likeness (QED) is 0.925. The van der Waals surface area contributed by atoms with Crippen LogP contribution in [0.25, 0.3) is 0 Å². The van der Waals surface area contributed by atoms with Crippen molar-refractivity contribution in [2.75, 3.05) is 26.7 Å². The fraction of sp³-hybridized carbons (Fsp3) is 0.579. The van der Waals surface area contributed by atoms with Crippen molar-refractivity contribution in [3.8, 4) is 0 Å². The lowest BCUT2D eigenvalue weighted by Gasteiger charge is -2.30. The summed E-state index contributed by atoms with van der Waals surface area (Å²) in [7, 11) is 1.40. The van der Waals surface area contributed by atoms with Gasteiger partial charge in [-0.2, -0.15) is 0 Å². The molecule has 24 heavy (non-hydrogen) atoms. The molecule has 1 aromatic rings. The molecule has 0 unspecified atom stereocenters. The molecule has 1 fully saturated rings. The van der Waals surface area contributed by atoms with Crippen LogP contribution >= 0.6 is 0 Å². The van der Waals surface area contributed by atoms with Crippen LogP contribution in [-0.2, 0) is 10.2 Å². The molecule has 0 bridgehead atoms. The molecule has 1 aromatic carbocycles. The second-order valence-electron chi connectivity index (χ2n) is 7.44. The van der Waals surface area contributed by atoms with Crippen LogP contribution in [0, 0.1) is 5.92 Å². The molecule has 1 saturated heterocycles. The Kier molecular flexibility index (Phi) is 5.86. The molecule has 132 valence electrons. The summed E-state index contributed by atoms with van der Waals surface area (Å²) in [4.78, 5) is 25.4. The Hall–Kier alpha value is -2.04. The number of carbonyl (C=O) groups is 2. The van der Waals surface area contributed by atoms with Gasteiger partial charge in [0.15, 0.2) is 0 Å². The van der Waals surface area contributed by atoms with Crippen molar-refractivity contribution in [3.63, 3.8) is 0 Å². The van der Waals surface area contributed by atoms with Gasteiger partial charge in [-0.3, -0.25) is 4.79 Å². The van der Waals surface area contributed by atoms with Crippen molar-refractivity contribution in [3.05, 3.63) is 35.4 Å². The molecule has 2 rings (SSSR count). The summed E-state index contributed by atoms with van der Waals surface area (Å²) in [6.45, 7) is 8.49. The number of amides is 2. The maximum absolute atomic E-state index is 12.3. The van der Waals surface area contributed by atoms with Crippen LogP contribution in [0.15, 0.2) is 24.3 Å². The third-order valence-electron chi connectivity index (χ3n) is 4.61. The van der Waals surface area contributed by atoms with Crippen LogP contribution in [0.5, 0.6) is 0 Å². The molecule has 0 aromatic heterocycles. The molecule has 0 radical (unpaired) electrons. The van der Waals surface area contributed by atoms with E-state index in [4.69, 9.17) is 4.74 Å². The second kappa shape index (κ2) is 7.69. The summed E-state index contributed by atoms with van der Waals surface area (Å²) in [6.07, 6.45) is 1.51. The summed E-state index contributed by atoms with van der Waals surface area (Å²) in [5, 5.41) is 3.01. The van der Waals surface area contributed by atoms with E-state index in [-0.39, 0.29) is 17.4 Å². The van der Waals surface area contributed by atoms with Gasteiger partial charge >= 0.3 is 6.09 Å². The van der Waals surface area contributed by atoms with E-state index in [1.165, 1.54) is 12.7 Å². The van der Waals surface area contributed by atoms with Gasteiger partial charge in [0.1, 0.15) is 0 Å². The number of rotatable bonds is 3. The molecule has 0 saturated carbocycles. The van der Waals surface area contributed by atoms with E-state index < -0.39 is 0 Å². The first-order chi connectivity index (χ1) is 11.3. The van der Waals surface area contributed by atoms with Crippen molar-refractivity contribution >= 4 is 12.0 Å². The standard InChI is InChI=1S/C19H28N2O3/c1-19(2,3)16-7-5-15(6-8-16)17(22)20-13-14-9-11-21(12-10-14)18(23)24-4/h5-8,14H,9-13H2,1-4H3,(H,20,22). The summed E-state index contributed by atoms with van der Waals surface area (Å²) in [5.41, 5.74) is 1.99. The van der Waals surface area contributed by atoms with Gasteiger partial charge in [0.05, 0.1) is 7.11 Å². The lowest BCUT2D eigenvalue weighted by Crippen LogP contribution is -2.41.